The van der Waals surface area contributed by atoms with Gasteiger partial charge in [-0.05, 0) is 19.1 Å². The van der Waals surface area contributed by atoms with Crippen molar-refractivity contribution in [1.82, 2.24) is 24.8 Å². The first kappa shape index (κ1) is 15.5. The molecule has 3 rings (SSSR count). The largest absolute Gasteiger partial charge is 0.450 e. The van der Waals surface area contributed by atoms with Crippen LogP contribution >= 0.6 is 0 Å². The fourth-order valence-electron chi connectivity index (χ4n) is 2.17. The molecule has 1 amide bonds. The molecule has 124 valence electrons. The summed E-state index contributed by atoms with van der Waals surface area (Å²) in [5.74, 6) is 0.101. The number of nitrogens with two attached hydrogens (primary N) is 1. The van der Waals surface area contributed by atoms with E-state index in [1.807, 2.05) is 6.07 Å². The van der Waals surface area contributed by atoms with Gasteiger partial charge in [0.15, 0.2) is 11.6 Å². The monoisotopic (exact) mass is 329 g/mol. The molecule has 0 unspecified atom stereocenters. The Hall–Kier alpha value is -3.43. The second-order valence-corrected chi connectivity index (χ2v) is 4.81. The third-order valence-electron chi connectivity index (χ3n) is 3.17. The number of amides is 1. The van der Waals surface area contributed by atoms with Crippen LogP contribution in [0.1, 0.15) is 11.7 Å². The van der Waals surface area contributed by atoms with Gasteiger partial charge in [-0.2, -0.15) is 14.6 Å². The van der Waals surface area contributed by atoms with Gasteiger partial charge < -0.3 is 10.5 Å². The van der Waals surface area contributed by atoms with Gasteiger partial charge in [0.05, 0.1) is 18.3 Å². The maximum Gasteiger partial charge on any atom is 0.412 e. The van der Waals surface area contributed by atoms with Gasteiger partial charge in [-0.3, -0.25) is 10.1 Å². The Morgan fingerprint density at radius 3 is 2.88 bits per heavy atom. The first-order valence-electron chi connectivity index (χ1n) is 7.19. The Bertz CT molecular complexity index is 899. The topological polar surface area (TPSA) is 130 Å². The molecule has 2 aromatic heterocycles. The summed E-state index contributed by atoms with van der Waals surface area (Å²) in [4.78, 5) is 24.9. The van der Waals surface area contributed by atoms with Gasteiger partial charge in [0, 0.05) is 5.39 Å². The van der Waals surface area contributed by atoms with Crippen molar-refractivity contribution in [2.45, 2.75) is 13.5 Å². The zero-order valence-corrected chi connectivity index (χ0v) is 12.8. The molecule has 0 aliphatic rings. The number of aromatic nitrogens is 5. The van der Waals surface area contributed by atoms with E-state index >= 15 is 0 Å². The van der Waals surface area contributed by atoms with Crippen molar-refractivity contribution >= 4 is 34.5 Å². The van der Waals surface area contributed by atoms with Gasteiger partial charge in [0.1, 0.15) is 6.54 Å². The molecule has 0 aliphatic carbocycles. The normalized spacial score (nSPS) is 10.7. The minimum atomic E-state index is -0.637. The van der Waals surface area contributed by atoms with Crippen LogP contribution < -0.4 is 11.1 Å². The van der Waals surface area contributed by atoms with Gasteiger partial charge in [-0.1, -0.05) is 12.1 Å². The number of carbonyl (C=O) groups is 2. The average Bonchev–Trinajstić information content (AvgIpc) is 3.13. The minimum absolute atomic E-state index is 0.157. The van der Waals surface area contributed by atoms with E-state index in [2.05, 4.69) is 20.6 Å². The summed E-state index contributed by atoms with van der Waals surface area (Å²) in [6, 6.07) is 7.15. The van der Waals surface area contributed by atoms with Crippen LogP contribution in [0.2, 0.25) is 0 Å². The van der Waals surface area contributed by atoms with Gasteiger partial charge in [0.2, 0.25) is 0 Å². The van der Waals surface area contributed by atoms with Crippen molar-refractivity contribution < 1.29 is 14.3 Å². The molecule has 0 aliphatic heterocycles. The van der Waals surface area contributed by atoms with Crippen LogP contribution in [0.4, 0.5) is 16.4 Å². The highest BCUT2D eigenvalue weighted by molar-refractivity contribution is 5.96. The van der Waals surface area contributed by atoms with Crippen molar-refractivity contribution in [3.63, 3.8) is 0 Å². The number of benzene rings is 1. The van der Waals surface area contributed by atoms with E-state index in [0.717, 1.165) is 4.80 Å². The molecule has 0 saturated heterocycles. The summed E-state index contributed by atoms with van der Waals surface area (Å²) >= 11 is 0. The summed E-state index contributed by atoms with van der Waals surface area (Å²) in [5.41, 5.74) is 6.42. The van der Waals surface area contributed by atoms with Gasteiger partial charge in [-0.15, -0.1) is 10.2 Å². The van der Waals surface area contributed by atoms with Crippen LogP contribution in [0.3, 0.4) is 0 Å². The fourth-order valence-corrected chi connectivity index (χ4v) is 2.17. The van der Waals surface area contributed by atoms with Crippen LogP contribution in [0.25, 0.3) is 10.9 Å². The number of ether oxygens (including phenoxy) is 1. The van der Waals surface area contributed by atoms with E-state index in [1.165, 1.54) is 10.9 Å². The van der Waals surface area contributed by atoms with E-state index in [4.69, 9.17) is 10.5 Å². The number of carbonyl (C=O) groups excluding carboxylic acids is 2. The minimum Gasteiger partial charge on any atom is -0.450 e. The van der Waals surface area contributed by atoms with Gasteiger partial charge >= 0.3 is 6.09 Å². The molecule has 0 spiro atoms. The average molecular weight is 329 g/mol. The Labute approximate surface area is 136 Å². The molecular weight excluding hydrogens is 314 g/mol. The van der Waals surface area contributed by atoms with Crippen molar-refractivity contribution in [3.8, 4) is 0 Å². The fraction of sp³-hybridized carbons (Fsp3) is 0.214. The number of nitrogen functional groups attached to an aromatic ring is 1. The van der Waals surface area contributed by atoms with Crippen LogP contribution in [0.5, 0.6) is 0 Å². The molecule has 10 heteroatoms. The Morgan fingerprint density at radius 2 is 2.08 bits per heavy atom. The second kappa shape index (κ2) is 6.36. The lowest BCUT2D eigenvalue weighted by Gasteiger charge is -2.02. The zero-order chi connectivity index (χ0) is 17.1. The van der Waals surface area contributed by atoms with E-state index in [9.17, 15) is 9.59 Å². The molecular formula is C14H15N7O3. The third-order valence-corrected chi connectivity index (χ3v) is 3.17. The van der Waals surface area contributed by atoms with Crippen LogP contribution in [0.15, 0.2) is 30.5 Å². The van der Waals surface area contributed by atoms with Crippen LogP contribution in [-0.2, 0) is 11.3 Å². The summed E-state index contributed by atoms with van der Waals surface area (Å²) < 4.78 is 5.95. The van der Waals surface area contributed by atoms with Crippen LogP contribution in [0, 0.1) is 0 Å². The lowest BCUT2D eigenvalue weighted by Crippen LogP contribution is -2.21. The zero-order valence-electron chi connectivity index (χ0n) is 12.8. The summed E-state index contributed by atoms with van der Waals surface area (Å²) in [5, 5.41) is 15.1. The van der Waals surface area contributed by atoms with Crippen LogP contribution in [-0.4, -0.2) is 43.4 Å². The maximum absolute atomic E-state index is 12.4. The Kier molecular flexibility index (Phi) is 4.10. The SMILES string of the molecule is CCOC(=O)Nc1cnn(CC(=O)n2nc(N)c3ccccc32)n1. The lowest BCUT2D eigenvalue weighted by atomic mass is 10.2. The lowest BCUT2D eigenvalue weighted by molar-refractivity contribution is 0.0870. The van der Waals surface area contributed by atoms with Crippen molar-refractivity contribution in [2.75, 3.05) is 17.7 Å². The second-order valence-electron chi connectivity index (χ2n) is 4.81. The molecule has 24 heavy (non-hydrogen) atoms. The highest BCUT2D eigenvalue weighted by atomic mass is 16.5. The number of rotatable bonds is 4. The predicted octanol–water partition coefficient (Wildman–Crippen LogP) is 1.12. The van der Waals surface area contributed by atoms with E-state index in [1.54, 1.807) is 25.1 Å². The Morgan fingerprint density at radius 1 is 1.29 bits per heavy atom. The van der Waals surface area contributed by atoms with Crippen molar-refractivity contribution in [1.29, 1.82) is 0 Å². The molecule has 0 radical (unpaired) electrons. The number of fused-ring (bicyclic) bond motifs is 1. The maximum atomic E-state index is 12.4. The molecule has 1 aromatic carbocycles. The molecule has 2 heterocycles. The first-order valence-corrected chi connectivity index (χ1v) is 7.19. The molecule has 0 bridgehead atoms. The first-order chi connectivity index (χ1) is 11.6. The quantitative estimate of drug-likeness (QED) is 0.733. The number of nitrogens with zero attached hydrogens (tertiary/aromatic N) is 5. The van der Waals surface area contributed by atoms with Crippen molar-refractivity contribution in [3.05, 3.63) is 30.5 Å². The highest BCUT2D eigenvalue weighted by Crippen LogP contribution is 2.19. The number of para-hydroxylation sites is 1. The van der Waals surface area contributed by atoms with E-state index in [0.29, 0.717) is 10.9 Å². The number of hydrogen-bond donors (Lipinski definition) is 2. The number of hydrogen-bond acceptors (Lipinski definition) is 7. The molecule has 0 atom stereocenters. The standard InChI is InChI=1S/C14H15N7O3/c1-2-24-14(23)17-11-7-16-20(18-11)8-12(22)21-10-6-4-3-5-9(10)13(15)19-21/h3-7H,2,8H2,1H3,(H2,15,19)(H,17,18,23). The van der Waals surface area contributed by atoms with Crippen molar-refractivity contribution in [2.24, 2.45) is 0 Å². The predicted molar refractivity (Wildman–Crippen MR) is 85.4 cm³/mol. The molecule has 10 nitrogen and oxygen atoms in total. The van der Waals surface area contributed by atoms with Gasteiger partial charge in [-0.25, -0.2) is 4.79 Å². The Balaban J connectivity index is 1.75. The summed E-state index contributed by atoms with van der Waals surface area (Å²) in [6.45, 7) is 1.77. The van der Waals surface area contributed by atoms with E-state index in [-0.39, 0.29) is 30.7 Å². The molecule has 3 N–H and O–H groups in total. The summed E-state index contributed by atoms with van der Waals surface area (Å²) in [7, 11) is 0. The molecule has 0 fully saturated rings. The van der Waals surface area contributed by atoms with E-state index < -0.39 is 6.09 Å². The smallest absolute Gasteiger partial charge is 0.412 e. The highest BCUT2D eigenvalue weighted by Gasteiger charge is 2.15. The number of nitrogens with one attached hydrogen (secondary N) is 1. The third kappa shape index (κ3) is 3.02. The molecule has 0 saturated carbocycles. The molecule has 3 aromatic rings. The summed E-state index contributed by atoms with van der Waals surface area (Å²) in [6.07, 6.45) is 0.682. The number of anilines is 2. The van der Waals surface area contributed by atoms with Gasteiger partial charge in [0.25, 0.3) is 5.91 Å².